The van der Waals surface area contributed by atoms with Crippen molar-refractivity contribution in [1.29, 1.82) is 0 Å². The lowest BCUT2D eigenvalue weighted by Crippen LogP contribution is -2.16. The smallest absolute Gasteiger partial charge is 0.331 e. The van der Waals surface area contributed by atoms with Crippen molar-refractivity contribution >= 4 is 28.3 Å². The van der Waals surface area contributed by atoms with Gasteiger partial charge in [0.05, 0.1) is 24.2 Å². The zero-order valence-corrected chi connectivity index (χ0v) is 20.4. The molecule has 9 heteroatoms. The molecule has 0 spiro atoms. The number of ether oxygens (including phenoxy) is 2. The average molecular weight is 499 g/mol. The minimum atomic E-state index is -0.549. The maximum atomic E-state index is 12.5. The van der Waals surface area contributed by atoms with E-state index in [4.69, 9.17) is 14.6 Å². The van der Waals surface area contributed by atoms with Gasteiger partial charge in [0.25, 0.3) is 5.56 Å². The molecule has 0 aliphatic carbocycles. The van der Waals surface area contributed by atoms with Gasteiger partial charge < -0.3 is 9.47 Å². The Morgan fingerprint density at radius 1 is 1.11 bits per heavy atom. The molecule has 180 valence electrons. The molecule has 0 saturated heterocycles. The monoisotopic (exact) mass is 498 g/mol. The molecule has 2 aromatic carbocycles. The molecule has 0 bridgehead atoms. The molecule has 0 aliphatic heterocycles. The molecular weight excluding hydrogens is 476 g/mol. The van der Waals surface area contributed by atoms with Gasteiger partial charge in [-0.3, -0.25) is 9.20 Å². The van der Waals surface area contributed by atoms with Gasteiger partial charge in [0.1, 0.15) is 12.4 Å². The van der Waals surface area contributed by atoms with Gasteiger partial charge >= 0.3 is 5.97 Å². The Hall–Kier alpha value is -4.50. The Labute approximate surface area is 210 Å². The number of carbonyl (C=O) groups is 1. The second-order valence-corrected chi connectivity index (χ2v) is 8.80. The van der Waals surface area contributed by atoms with Crippen LogP contribution in [-0.2, 0) is 16.1 Å². The summed E-state index contributed by atoms with van der Waals surface area (Å²) in [5.41, 5.74) is 4.25. The minimum absolute atomic E-state index is 0.0968. The number of aromatic nitrogens is 4. The van der Waals surface area contributed by atoms with Crippen LogP contribution in [0.25, 0.3) is 28.0 Å². The third kappa shape index (κ3) is 4.82. The normalized spacial score (nSPS) is 11.3. The van der Waals surface area contributed by atoms with Crippen molar-refractivity contribution in [2.45, 2.75) is 13.5 Å². The molecule has 0 aliphatic rings. The zero-order chi connectivity index (χ0) is 25.1. The van der Waals surface area contributed by atoms with Gasteiger partial charge in [0.2, 0.25) is 0 Å². The van der Waals surface area contributed by atoms with Crippen LogP contribution in [-0.4, -0.2) is 32.2 Å². The lowest BCUT2D eigenvalue weighted by molar-refractivity contribution is -0.139. The second kappa shape index (κ2) is 10.0. The number of esters is 1. The molecule has 5 aromatic rings. The quantitative estimate of drug-likeness (QED) is 0.239. The van der Waals surface area contributed by atoms with E-state index in [0.717, 1.165) is 28.3 Å². The first kappa shape index (κ1) is 23.3. The molecule has 0 atom stereocenters. The Bertz CT molecular complexity index is 1620. The summed E-state index contributed by atoms with van der Waals surface area (Å²) < 4.78 is 13.9. The number of benzene rings is 2. The number of methoxy groups -OCH3 is 1. The summed E-state index contributed by atoms with van der Waals surface area (Å²) in [6, 6.07) is 18.7. The number of carbonyl (C=O) groups excluding carboxylic acids is 1. The number of hydrogen-bond donors (Lipinski definition) is 0. The Balaban J connectivity index is 1.37. The number of para-hydroxylation sites is 1. The third-order valence-corrected chi connectivity index (χ3v) is 6.46. The fraction of sp³-hybridized carbons (Fsp3) is 0.111. The van der Waals surface area contributed by atoms with Gasteiger partial charge in [-0.15, -0.1) is 11.3 Å². The van der Waals surface area contributed by atoms with Crippen LogP contribution in [0.2, 0.25) is 0 Å². The Morgan fingerprint density at radius 3 is 2.64 bits per heavy atom. The van der Waals surface area contributed by atoms with E-state index in [1.807, 2.05) is 73.1 Å². The summed E-state index contributed by atoms with van der Waals surface area (Å²) in [5.74, 6) is 0.193. The molecular formula is C27H22N4O4S. The fourth-order valence-electron chi connectivity index (χ4n) is 3.72. The van der Waals surface area contributed by atoms with Crippen LogP contribution in [0.15, 0.2) is 83.1 Å². The molecule has 5 rings (SSSR count). The summed E-state index contributed by atoms with van der Waals surface area (Å²) in [6.45, 7) is 1.75. The van der Waals surface area contributed by atoms with Crippen molar-refractivity contribution in [2.75, 3.05) is 7.11 Å². The number of aryl methyl sites for hydroxylation is 1. The highest BCUT2D eigenvalue weighted by molar-refractivity contribution is 7.15. The van der Waals surface area contributed by atoms with Crippen molar-refractivity contribution in [3.63, 3.8) is 0 Å². The molecule has 0 fully saturated rings. The predicted octanol–water partition coefficient (Wildman–Crippen LogP) is 4.68. The Morgan fingerprint density at radius 2 is 1.89 bits per heavy atom. The lowest BCUT2D eigenvalue weighted by Gasteiger charge is -2.03. The van der Waals surface area contributed by atoms with Crippen molar-refractivity contribution in [1.82, 2.24) is 19.2 Å². The summed E-state index contributed by atoms with van der Waals surface area (Å²) in [5, 5.41) is 6.60. The van der Waals surface area contributed by atoms with E-state index in [0.29, 0.717) is 16.3 Å². The van der Waals surface area contributed by atoms with Gasteiger partial charge in [-0.2, -0.15) is 5.10 Å². The highest BCUT2D eigenvalue weighted by Gasteiger charge is 2.12. The van der Waals surface area contributed by atoms with Gasteiger partial charge in [-0.05, 0) is 49.4 Å². The van der Waals surface area contributed by atoms with Crippen LogP contribution in [0.4, 0.5) is 0 Å². The Kier molecular flexibility index (Phi) is 6.46. The molecule has 0 N–H and O–H groups in total. The number of fused-ring (bicyclic) bond motifs is 1. The molecule has 0 unspecified atom stereocenters. The third-order valence-electron chi connectivity index (χ3n) is 5.52. The zero-order valence-electron chi connectivity index (χ0n) is 19.6. The lowest BCUT2D eigenvalue weighted by atomic mass is 10.1. The maximum Gasteiger partial charge on any atom is 0.331 e. The van der Waals surface area contributed by atoms with Crippen LogP contribution in [0.1, 0.15) is 17.0 Å². The standard InChI is InChI=1S/C27H22N4O4S/c1-18-17-36-27-28-21(14-24(32)31(18)27)16-35-25(33)13-10-20-15-30(22-6-4-3-5-7-22)29-26(20)19-8-11-23(34-2)12-9-19/h3-15,17H,16H2,1-2H3/b13-10+. The molecule has 0 radical (unpaired) electrons. The number of thiazole rings is 1. The first-order chi connectivity index (χ1) is 17.5. The van der Waals surface area contributed by atoms with E-state index in [2.05, 4.69) is 4.98 Å². The van der Waals surface area contributed by atoms with E-state index in [1.165, 1.54) is 27.9 Å². The van der Waals surface area contributed by atoms with E-state index in [9.17, 15) is 9.59 Å². The van der Waals surface area contributed by atoms with Crippen molar-refractivity contribution < 1.29 is 14.3 Å². The van der Waals surface area contributed by atoms with E-state index in [-0.39, 0.29) is 12.2 Å². The average Bonchev–Trinajstić information content (AvgIpc) is 3.51. The minimum Gasteiger partial charge on any atom is -0.497 e. The number of hydrogen-bond acceptors (Lipinski definition) is 7. The topological polar surface area (TPSA) is 87.7 Å². The predicted molar refractivity (Wildman–Crippen MR) is 138 cm³/mol. The van der Waals surface area contributed by atoms with Gasteiger partial charge in [-0.1, -0.05) is 18.2 Å². The molecule has 3 heterocycles. The molecule has 0 saturated carbocycles. The largest absolute Gasteiger partial charge is 0.497 e. The first-order valence-corrected chi connectivity index (χ1v) is 12.0. The second-order valence-electron chi connectivity index (χ2n) is 7.96. The van der Waals surface area contributed by atoms with E-state index >= 15 is 0 Å². The summed E-state index contributed by atoms with van der Waals surface area (Å²) in [6.07, 6.45) is 4.87. The van der Waals surface area contributed by atoms with Crippen LogP contribution in [0.5, 0.6) is 5.75 Å². The summed E-state index contributed by atoms with van der Waals surface area (Å²) in [7, 11) is 1.62. The van der Waals surface area contributed by atoms with Gasteiger partial charge in [0.15, 0.2) is 4.96 Å². The summed E-state index contributed by atoms with van der Waals surface area (Å²) >= 11 is 1.37. The van der Waals surface area contributed by atoms with Crippen molar-refractivity contribution in [3.05, 3.63) is 106 Å². The number of nitrogens with zero attached hydrogens (tertiary/aromatic N) is 4. The van der Waals surface area contributed by atoms with Gasteiger partial charge in [0, 0.05) is 40.5 Å². The van der Waals surface area contributed by atoms with Crippen molar-refractivity contribution in [3.8, 4) is 22.7 Å². The van der Waals surface area contributed by atoms with Crippen LogP contribution in [0, 0.1) is 6.92 Å². The number of rotatable bonds is 7. The highest BCUT2D eigenvalue weighted by atomic mass is 32.1. The molecule has 3 aromatic heterocycles. The molecule has 0 amide bonds. The van der Waals surface area contributed by atoms with Gasteiger partial charge in [-0.25, -0.2) is 14.5 Å². The van der Waals surface area contributed by atoms with Crippen LogP contribution >= 0.6 is 11.3 Å². The molecule has 8 nitrogen and oxygen atoms in total. The highest BCUT2D eigenvalue weighted by Crippen LogP contribution is 2.27. The van der Waals surface area contributed by atoms with E-state index in [1.54, 1.807) is 17.9 Å². The summed E-state index contributed by atoms with van der Waals surface area (Å²) in [4.78, 5) is 29.8. The fourth-order valence-corrected chi connectivity index (χ4v) is 4.61. The SMILES string of the molecule is COc1ccc(-c2nn(-c3ccccc3)cc2/C=C/C(=O)OCc2cc(=O)n3c(C)csc3n2)cc1. The van der Waals surface area contributed by atoms with Crippen LogP contribution < -0.4 is 10.3 Å². The maximum absolute atomic E-state index is 12.5. The molecule has 36 heavy (non-hydrogen) atoms. The van der Waals surface area contributed by atoms with E-state index < -0.39 is 5.97 Å². The van der Waals surface area contributed by atoms with Crippen LogP contribution in [0.3, 0.4) is 0 Å². The first-order valence-electron chi connectivity index (χ1n) is 11.1. The van der Waals surface area contributed by atoms with Crippen molar-refractivity contribution in [2.24, 2.45) is 0 Å².